The molecule has 5 aromatic carbocycles. The molecule has 0 aliphatic carbocycles. The average Bonchev–Trinajstić information content (AvgIpc) is 1.63. The summed E-state index contributed by atoms with van der Waals surface area (Å²) in [7, 11) is 1.50. The molecule has 12 atom stereocenters. The Hall–Kier alpha value is -10.4. The highest BCUT2D eigenvalue weighted by Gasteiger charge is 2.48. The van der Waals surface area contributed by atoms with Crippen molar-refractivity contribution in [3.05, 3.63) is 181 Å². The number of aliphatic hydroxyl groups excluding tert-OH is 1. The summed E-state index contributed by atoms with van der Waals surface area (Å²) in [6.45, 7) is 31.3. The Morgan fingerprint density at radius 1 is 0.655 bits per heavy atom. The van der Waals surface area contributed by atoms with Crippen molar-refractivity contribution in [1.29, 1.82) is 0 Å². The first-order chi connectivity index (χ1) is 54.5. The molecular formula is C87H118ClN7O21. The molecule has 29 heteroatoms. The molecule has 5 amide bonds. The lowest BCUT2D eigenvalue weighted by molar-refractivity contribution is -0.384. The van der Waals surface area contributed by atoms with E-state index in [-0.39, 0.29) is 152 Å². The third-order valence-corrected chi connectivity index (χ3v) is 20.4. The fourth-order valence-electron chi connectivity index (χ4n) is 11.0. The summed E-state index contributed by atoms with van der Waals surface area (Å²) in [6.07, 6.45) is 0.685. The summed E-state index contributed by atoms with van der Waals surface area (Å²) in [5.74, 6) is -3.34. The first-order valence-corrected chi connectivity index (χ1v) is 39.3. The molecule has 0 unspecified atom stereocenters. The van der Waals surface area contributed by atoms with Crippen LogP contribution >= 0.6 is 11.6 Å². The largest absolute Gasteiger partial charge is 0.514 e. The maximum absolute atomic E-state index is 13.6. The molecule has 0 spiro atoms. The number of esters is 2. The predicted octanol–water partition coefficient (Wildman–Crippen LogP) is 11.8. The molecule has 634 valence electrons. The van der Waals surface area contributed by atoms with E-state index in [1.807, 2.05) is 113 Å². The van der Waals surface area contributed by atoms with E-state index in [0.29, 0.717) is 28.4 Å². The van der Waals surface area contributed by atoms with Gasteiger partial charge >= 0.3 is 24.1 Å². The Morgan fingerprint density at radius 3 is 1.59 bits per heavy atom. The number of rotatable bonds is 30. The van der Waals surface area contributed by atoms with E-state index in [1.165, 1.54) is 44.4 Å². The lowest BCUT2D eigenvalue weighted by Crippen LogP contribution is -2.51. The van der Waals surface area contributed by atoms with Gasteiger partial charge in [0.2, 0.25) is 29.5 Å². The van der Waals surface area contributed by atoms with Gasteiger partial charge in [0, 0.05) is 74.6 Å². The number of amides is 5. The van der Waals surface area contributed by atoms with Crippen LogP contribution in [-0.2, 0) is 106 Å². The number of halogens is 1. The number of nitrogens with zero attached hydrogens (tertiary/aromatic N) is 1. The Balaban J connectivity index is 0.000000363. The van der Waals surface area contributed by atoms with E-state index in [9.17, 15) is 62.9 Å². The maximum Gasteiger partial charge on any atom is 0.514 e. The minimum Gasteiger partial charge on any atom is -0.495 e. The fraction of sp³-hybridized carbons (Fsp3) is 0.506. The quantitative estimate of drug-likeness (QED) is 0.00528. The molecule has 9 N–H and O–H groups in total. The zero-order valence-electron chi connectivity index (χ0n) is 69.8. The minimum atomic E-state index is -1.21. The lowest BCUT2D eigenvalue weighted by Gasteiger charge is -2.29. The number of aliphatic hydroxyl groups is 1. The topological polar surface area (TPSA) is 416 Å². The number of aliphatic carboxylic acids is 1. The number of ether oxygens (including phenoxy) is 6. The molecular weight excluding hydrogens is 1510 g/mol. The van der Waals surface area contributed by atoms with Gasteiger partial charge in [-0.05, 0) is 134 Å². The molecule has 7 rings (SSSR count). The lowest BCUT2D eigenvalue weighted by atomic mass is 9.92. The number of carbonyl (C=O) groups is 11. The number of epoxide rings is 1. The molecule has 0 aromatic heterocycles. The molecule has 0 bridgehead atoms. The third-order valence-electron chi connectivity index (χ3n) is 20.1. The Morgan fingerprint density at radius 2 is 1.14 bits per heavy atom. The van der Waals surface area contributed by atoms with Crippen molar-refractivity contribution in [3.63, 3.8) is 0 Å². The van der Waals surface area contributed by atoms with Crippen molar-refractivity contribution < 1.29 is 96.3 Å². The second-order valence-corrected chi connectivity index (χ2v) is 31.8. The van der Waals surface area contributed by atoms with E-state index >= 15 is 0 Å². The monoisotopic (exact) mass is 1630 g/mol. The molecule has 2 aliphatic heterocycles. The number of nitrogens with one attached hydrogen (secondary N) is 5. The van der Waals surface area contributed by atoms with Crippen LogP contribution in [0.5, 0.6) is 11.5 Å². The summed E-state index contributed by atoms with van der Waals surface area (Å²) in [5.41, 5.74) is 10.3. The fourth-order valence-corrected chi connectivity index (χ4v) is 11.2. The number of methoxy groups -OCH3 is 1. The second-order valence-electron chi connectivity index (χ2n) is 31.4. The Labute approximate surface area is 685 Å². The number of nitro benzene ring substituents is 1. The number of non-ortho nitro benzene ring substituents is 1. The van der Waals surface area contributed by atoms with Gasteiger partial charge in [-0.25, -0.2) is 9.59 Å². The van der Waals surface area contributed by atoms with Crippen LogP contribution in [0.2, 0.25) is 5.02 Å². The van der Waals surface area contributed by atoms with Crippen LogP contribution < -0.4 is 41.8 Å². The number of carbonyl (C=O) groups excluding carboxylic acids is 10. The van der Waals surface area contributed by atoms with Crippen molar-refractivity contribution >= 4 is 82.5 Å². The standard InChI is InChI=1S/C37H48ClN3O8.C24H28N2O7.C17H25NO3.C9H17NO3/c1-21(2)16-30-35(44)47-28(22(3)32-33(49-32)25-13-10-23(19-39)11-14-25)8-7-9-31(42)41-27(18-24-12-15-29(46-6)26(38)17-24)34(43)40-20-37(4,5)36(45)48-30;1-15(2)16(3)23(28)25-17(4)22(27)13-18-5-7-19(8-6-18)14-32-24(29)33-21-11-9-20(10-12-21)26(30)31;1-11(2)12(3)17(21)18-13(4)16(20)9-14-5-7-15(10-19)8-6-14;1-5(2)6(3)8(11)10-7(4)9(12)13/h7,9-15,17,21-22,27-28,30,32-33H,8,16,18-20,39H2,1-6H3,(H,40,43)(H,41,42);5-12,15-17H,13-14H2,1-4H3,(H,25,28);5-8,11-13,19H,9-10H2,1-4H3,(H,18,21);5-7H,1-4H3,(H,10,11)(H,12,13)/b9-7+;;;/t22-,27+,28-,30-,32+,33+;16-,17-;12-,13-;6-,7-/m0000/s1. The van der Waals surface area contributed by atoms with Gasteiger partial charge in [0.05, 0.1) is 47.3 Å². The average molecular weight is 1630 g/mol. The highest BCUT2D eigenvalue weighted by Crippen LogP contribution is 2.45. The molecule has 2 aliphatic rings. The van der Waals surface area contributed by atoms with E-state index in [4.69, 9.17) is 56.0 Å². The molecule has 0 radical (unpaired) electrons. The molecule has 1 saturated heterocycles. The smallest absolute Gasteiger partial charge is 0.495 e. The first-order valence-electron chi connectivity index (χ1n) is 39.0. The maximum atomic E-state index is 13.6. The number of Topliss-reactive ketones (excluding diaryl/α,β-unsaturated/α-hetero) is 2. The van der Waals surface area contributed by atoms with Crippen molar-refractivity contribution in [3.8, 4) is 11.5 Å². The highest BCUT2D eigenvalue weighted by atomic mass is 35.5. The third kappa shape index (κ3) is 33.1. The van der Waals surface area contributed by atoms with E-state index in [1.54, 1.807) is 95.3 Å². The van der Waals surface area contributed by atoms with Gasteiger partial charge in [0.15, 0.2) is 17.7 Å². The summed E-state index contributed by atoms with van der Waals surface area (Å²) in [6, 6.07) is 29.4. The molecule has 0 saturated carbocycles. The number of carboxylic acid groups (broad SMARTS) is 1. The van der Waals surface area contributed by atoms with Crippen LogP contribution in [0.3, 0.4) is 0 Å². The molecule has 2 heterocycles. The predicted molar refractivity (Wildman–Crippen MR) is 437 cm³/mol. The zero-order valence-corrected chi connectivity index (χ0v) is 70.5. The summed E-state index contributed by atoms with van der Waals surface area (Å²) in [4.78, 5) is 146. The van der Waals surface area contributed by atoms with Gasteiger partial charge in [-0.15, -0.1) is 0 Å². The van der Waals surface area contributed by atoms with Gasteiger partial charge in [0.1, 0.15) is 42.4 Å². The number of nitrogens with two attached hydrogens (primary N) is 1. The molecule has 28 nitrogen and oxygen atoms in total. The van der Waals surface area contributed by atoms with Crippen LogP contribution in [0.1, 0.15) is 176 Å². The summed E-state index contributed by atoms with van der Waals surface area (Å²) in [5, 5.41) is 42.0. The van der Waals surface area contributed by atoms with E-state index < -0.39 is 82.6 Å². The molecule has 1 fully saturated rings. The van der Waals surface area contributed by atoms with Crippen molar-refractivity contribution in [2.45, 2.75) is 218 Å². The van der Waals surface area contributed by atoms with E-state index in [2.05, 4.69) is 26.6 Å². The summed E-state index contributed by atoms with van der Waals surface area (Å²) < 4.78 is 33.2. The van der Waals surface area contributed by atoms with Gasteiger partial charge in [-0.1, -0.05) is 180 Å². The number of nitro groups is 1. The SMILES string of the molecule is CC(C)[C@H](C)C(=O)N[C@@H](C)C(=O)Cc1ccc(CO)cc1.CC(C)[C@H](C)C(=O)N[C@@H](C)C(=O)Cc1ccc(COC(=O)Oc2ccc([N+](=O)[O-])cc2)cc1.CC(C)[C@H](C)C(=O)N[C@@H](C)C(=O)O.COc1ccc(C[C@H]2NC(=O)/C=C/C[C@@H]([C@H](C)[C@H]3O[C@@H]3c3ccc(CN)cc3)OC(=O)[C@H](CC(C)C)OC(=O)C(C)(C)CNC2=O)cc1Cl. The van der Waals surface area contributed by atoms with Crippen LogP contribution in [0.4, 0.5) is 10.5 Å². The second kappa shape index (κ2) is 47.6. The Bertz CT molecular complexity index is 4130. The number of hydrogen-bond donors (Lipinski definition) is 8. The van der Waals surface area contributed by atoms with Crippen LogP contribution in [0.15, 0.2) is 127 Å². The van der Waals surface area contributed by atoms with E-state index in [0.717, 1.165) is 27.8 Å². The van der Waals surface area contributed by atoms with Gasteiger partial charge in [-0.2, -0.15) is 0 Å². The summed E-state index contributed by atoms with van der Waals surface area (Å²) >= 11 is 6.32. The number of carboxylic acids is 1. The highest BCUT2D eigenvalue weighted by molar-refractivity contribution is 6.32. The number of ketones is 2. The zero-order chi connectivity index (χ0) is 87.0. The number of benzene rings is 5. The number of cyclic esters (lactones) is 2. The molecule has 5 aromatic rings. The normalized spacial score (nSPS) is 18.8. The van der Waals surface area contributed by atoms with Crippen LogP contribution in [0, 0.1) is 62.9 Å². The minimum absolute atomic E-state index is 0.00617. The van der Waals surface area contributed by atoms with Crippen molar-refractivity contribution in [2.75, 3.05) is 13.7 Å². The van der Waals surface area contributed by atoms with Gasteiger partial charge < -0.3 is 71.0 Å². The molecule has 116 heavy (non-hydrogen) atoms. The van der Waals surface area contributed by atoms with Crippen molar-refractivity contribution in [1.82, 2.24) is 26.6 Å². The van der Waals surface area contributed by atoms with Gasteiger partial charge in [-0.3, -0.25) is 53.3 Å². The first kappa shape index (κ1) is 97.9. The number of hydrogen-bond acceptors (Lipinski definition) is 21. The Kier molecular flexibility index (Phi) is 40.2. The van der Waals surface area contributed by atoms with Crippen molar-refractivity contribution in [2.24, 2.45) is 58.5 Å². The van der Waals surface area contributed by atoms with Gasteiger partial charge in [0.25, 0.3) is 5.69 Å². The van der Waals surface area contributed by atoms with Crippen LogP contribution in [-0.4, -0.2) is 136 Å². The van der Waals surface area contributed by atoms with Crippen LogP contribution in [0.25, 0.3) is 0 Å².